The van der Waals surface area contributed by atoms with E-state index in [2.05, 4.69) is 24.9 Å². The van der Waals surface area contributed by atoms with E-state index in [0.29, 0.717) is 0 Å². The SMILES string of the molecule is C.C=C(C)c1cccs1.COc1ccc(C)cc1. The summed E-state index contributed by atoms with van der Waals surface area (Å²) in [5.74, 6) is 0.917. The second-order valence-electron chi connectivity index (χ2n) is 3.77. The molecule has 0 aliphatic rings. The first kappa shape index (κ1) is 16.5. The Morgan fingerprint density at radius 3 is 2.11 bits per heavy atom. The van der Waals surface area contributed by atoms with Gasteiger partial charge in [0, 0.05) is 4.88 Å². The Kier molecular flexibility index (Phi) is 7.81. The third kappa shape index (κ3) is 5.69. The average Bonchev–Trinajstić information content (AvgIpc) is 2.84. The second-order valence-corrected chi connectivity index (χ2v) is 4.72. The van der Waals surface area contributed by atoms with Crippen molar-refractivity contribution in [2.45, 2.75) is 21.3 Å². The van der Waals surface area contributed by atoms with Gasteiger partial charge in [0.05, 0.1) is 7.11 Å². The van der Waals surface area contributed by atoms with E-state index in [1.165, 1.54) is 10.4 Å². The van der Waals surface area contributed by atoms with Crippen molar-refractivity contribution in [1.82, 2.24) is 0 Å². The largest absolute Gasteiger partial charge is 0.497 e. The van der Waals surface area contributed by atoms with Gasteiger partial charge in [-0.3, -0.25) is 0 Å². The van der Waals surface area contributed by atoms with Gasteiger partial charge in [-0.05, 0) is 43.0 Å². The quantitative estimate of drug-likeness (QED) is 0.702. The smallest absolute Gasteiger partial charge is 0.118 e. The molecule has 0 unspecified atom stereocenters. The molecule has 0 N–H and O–H groups in total. The Labute approximate surface area is 115 Å². The lowest BCUT2D eigenvalue weighted by Crippen LogP contribution is -1.80. The molecule has 1 aromatic carbocycles. The fourth-order valence-corrected chi connectivity index (χ4v) is 1.86. The van der Waals surface area contributed by atoms with Gasteiger partial charge in [0.15, 0.2) is 0 Å². The van der Waals surface area contributed by atoms with Crippen LogP contribution in [0.2, 0.25) is 0 Å². The van der Waals surface area contributed by atoms with Crippen LogP contribution in [-0.2, 0) is 0 Å². The summed E-state index contributed by atoms with van der Waals surface area (Å²) >= 11 is 1.73. The molecular formula is C16H22OS. The van der Waals surface area contributed by atoms with Crippen LogP contribution in [0.4, 0.5) is 0 Å². The summed E-state index contributed by atoms with van der Waals surface area (Å²) in [4.78, 5) is 1.28. The summed E-state index contributed by atoms with van der Waals surface area (Å²) in [6.07, 6.45) is 0. The van der Waals surface area contributed by atoms with E-state index in [4.69, 9.17) is 4.74 Å². The maximum atomic E-state index is 4.97. The molecule has 18 heavy (non-hydrogen) atoms. The van der Waals surface area contributed by atoms with Crippen molar-refractivity contribution in [1.29, 1.82) is 0 Å². The summed E-state index contributed by atoms with van der Waals surface area (Å²) in [7, 11) is 1.67. The van der Waals surface area contributed by atoms with Crippen molar-refractivity contribution in [3.05, 3.63) is 58.8 Å². The van der Waals surface area contributed by atoms with Crippen molar-refractivity contribution >= 4 is 16.9 Å². The molecule has 98 valence electrons. The molecule has 2 rings (SSSR count). The lowest BCUT2D eigenvalue weighted by molar-refractivity contribution is 0.414. The van der Waals surface area contributed by atoms with Crippen LogP contribution < -0.4 is 4.74 Å². The Morgan fingerprint density at radius 2 is 1.78 bits per heavy atom. The number of ether oxygens (including phenoxy) is 1. The fourth-order valence-electron chi connectivity index (χ4n) is 1.20. The highest BCUT2D eigenvalue weighted by atomic mass is 32.1. The number of hydrogen-bond donors (Lipinski definition) is 0. The number of thiophene rings is 1. The molecule has 2 heteroatoms. The monoisotopic (exact) mass is 262 g/mol. The third-order valence-corrected chi connectivity index (χ3v) is 3.23. The first-order valence-electron chi connectivity index (χ1n) is 5.43. The molecule has 2 aromatic rings. The molecule has 0 fully saturated rings. The van der Waals surface area contributed by atoms with Gasteiger partial charge in [-0.25, -0.2) is 0 Å². The zero-order chi connectivity index (χ0) is 12.7. The first-order valence-corrected chi connectivity index (χ1v) is 6.31. The van der Waals surface area contributed by atoms with Crippen LogP contribution in [0.25, 0.3) is 5.57 Å². The molecule has 0 bridgehead atoms. The Hall–Kier alpha value is -1.54. The van der Waals surface area contributed by atoms with Crippen LogP contribution in [0.1, 0.15) is 24.8 Å². The van der Waals surface area contributed by atoms with Crippen LogP contribution in [0.15, 0.2) is 48.4 Å². The Bertz CT molecular complexity index is 440. The average molecular weight is 262 g/mol. The third-order valence-electron chi connectivity index (χ3n) is 2.20. The molecule has 0 saturated carbocycles. The van der Waals surface area contributed by atoms with Crippen LogP contribution in [0.5, 0.6) is 5.75 Å². The fraction of sp³-hybridized carbons (Fsp3) is 0.250. The standard InChI is InChI=1S/C8H10O.C7H8S.CH4/c1-7-3-5-8(9-2)6-4-7;1-6(2)7-4-3-5-8-7;/h3-6H,1-2H3;3-5H,1H2,2H3;1H4. The molecule has 1 nitrogen and oxygen atoms in total. The van der Waals surface area contributed by atoms with Crippen LogP contribution in [0, 0.1) is 6.92 Å². The van der Waals surface area contributed by atoms with Crippen LogP contribution in [0.3, 0.4) is 0 Å². The van der Waals surface area contributed by atoms with Gasteiger partial charge in [-0.2, -0.15) is 0 Å². The summed E-state index contributed by atoms with van der Waals surface area (Å²) < 4.78 is 4.97. The van der Waals surface area contributed by atoms with Gasteiger partial charge in [-0.1, -0.05) is 37.8 Å². The normalized spacial score (nSPS) is 8.61. The maximum Gasteiger partial charge on any atom is 0.118 e. The second kappa shape index (κ2) is 8.54. The number of rotatable bonds is 2. The molecule has 0 amide bonds. The van der Waals surface area contributed by atoms with E-state index >= 15 is 0 Å². The molecule has 0 aliphatic heterocycles. The zero-order valence-electron chi connectivity index (χ0n) is 10.6. The summed E-state index contributed by atoms with van der Waals surface area (Å²) in [6, 6.07) is 12.1. The molecule has 0 spiro atoms. The zero-order valence-corrected chi connectivity index (χ0v) is 11.4. The van der Waals surface area contributed by atoms with Crippen LogP contribution in [-0.4, -0.2) is 7.11 Å². The number of hydrogen-bond acceptors (Lipinski definition) is 2. The van der Waals surface area contributed by atoms with E-state index in [0.717, 1.165) is 11.3 Å². The summed E-state index contributed by atoms with van der Waals surface area (Å²) in [6.45, 7) is 7.88. The highest BCUT2D eigenvalue weighted by Crippen LogP contribution is 2.16. The topological polar surface area (TPSA) is 9.23 Å². The highest BCUT2D eigenvalue weighted by molar-refractivity contribution is 7.11. The van der Waals surface area contributed by atoms with E-state index in [1.807, 2.05) is 37.3 Å². The highest BCUT2D eigenvalue weighted by Gasteiger charge is 1.89. The van der Waals surface area contributed by atoms with Gasteiger partial charge in [0.2, 0.25) is 0 Å². The molecule has 1 aromatic heterocycles. The van der Waals surface area contributed by atoms with E-state index < -0.39 is 0 Å². The van der Waals surface area contributed by atoms with Gasteiger partial charge >= 0.3 is 0 Å². The Morgan fingerprint density at radius 1 is 1.17 bits per heavy atom. The van der Waals surface area contributed by atoms with Crippen molar-refractivity contribution in [2.24, 2.45) is 0 Å². The van der Waals surface area contributed by atoms with Crippen molar-refractivity contribution < 1.29 is 4.74 Å². The minimum absolute atomic E-state index is 0. The lowest BCUT2D eigenvalue weighted by atomic mass is 10.2. The predicted octanol–water partition coefficient (Wildman–Crippen LogP) is 5.42. The van der Waals surface area contributed by atoms with E-state index in [1.54, 1.807) is 18.4 Å². The molecule has 0 saturated heterocycles. The Balaban J connectivity index is 0.000000306. The maximum absolute atomic E-state index is 4.97. The van der Waals surface area contributed by atoms with Gasteiger partial charge in [0.25, 0.3) is 0 Å². The molecule has 0 aliphatic carbocycles. The molecule has 0 radical (unpaired) electrons. The minimum Gasteiger partial charge on any atom is -0.497 e. The molecule has 0 atom stereocenters. The van der Waals surface area contributed by atoms with Crippen molar-refractivity contribution in [3.63, 3.8) is 0 Å². The van der Waals surface area contributed by atoms with Gasteiger partial charge in [0.1, 0.15) is 5.75 Å². The minimum atomic E-state index is 0. The van der Waals surface area contributed by atoms with Gasteiger partial charge < -0.3 is 4.74 Å². The number of benzene rings is 1. The number of methoxy groups -OCH3 is 1. The van der Waals surface area contributed by atoms with E-state index in [-0.39, 0.29) is 7.43 Å². The van der Waals surface area contributed by atoms with Gasteiger partial charge in [-0.15, -0.1) is 11.3 Å². The lowest BCUT2D eigenvalue weighted by Gasteiger charge is -1.97. The predicted molar refractivity (Wildman–Crippen MR) is 83.5 cm³/mol. The number of allylic oxidation sites excluding steroid dienone is 1. The first-order chi connectivity index (χ1) is 8.13. The summed E-state index contributed by atoms with van der Waals surface area (Å²) in [5.41, 5.74) is 2.41. The van der Waals surface area contributed by atoms with E-state index in [9.17, 15) is 0 Å². The molecular weight excluding hydrogens is 240 g/mol. The number of aryl methyl sites for hydroxylation is 1. The van der Waals surface area contributed by atoms with Crippen LogP contribution >= 0.6 is 11.3 Å². The van der Waals surface area contributed by atoms with Crippen molar-refractivity contribution in [3.8, 4) is 5.75 Å². The van der Waals surface area contributed by atoms with Crippen molar-refractivity contribution in [2.75, 3.05) is 7.11 Å². The molecule has 1 heterocycles. The summed E-state index contributed by atoms with van der Waals surface area (Å²) in [5, 5.41) is 2.06.